The van der Waals surface area contributed by atoms with E-state index in [9.17, 15) is 9.18 Å². The number of esters is 1. The van der Waals surface area contributed by atoms with Gasteiger partial charge in [0.1, 0.15) is 11.3 Å². The second kappa shape index (κ2) is 5.08. The first kappa shape index (κ1) is 13.1. The average Bonchev–Trinajstić information content (AvgIpc) is 2.34. The lowest BCUT2D eigenvalue weighted by atomic mass is 10.1. The molecule has 1 aromatic carbocycles. The fraction of sp³-hybridized carbons (Fsp3) is 0.167. The van der Waals surface area contributed by atoms with Gasteiger partial charge >= 0.3 is 5.97 Å². The summed E-state index contributed by atoms with van der Waals surface area (Å²) < 4.78 is 18.4. The Morgan fingerprint density at radius 1 is 1.44 bits per heavy atom. The molecule has 0 radical (unpaired) electrons. The Labute approximate surface area is 112 Å². The summed E-state index contributed by atoms with van der Waals surface area (Å²) in [7, 11) is 0. The van der Waals surface area contributed by atoms with Crippen LogP contribution in [0, 0.1) is 5.82 Å². The minimum Gasteiger partial charge on any atom is -0.462 e. The van der Waals surface area contributed by atoms with Crippen LogP contribution in [0.1, 0.15) is 17.3 Å². The van der Waals surface area contributed by atoms with Crippen LogP contribution in [0.2, 0.25) is 10.0 Å². The molecule has 6 heteroatoms. The standard InChI is InChI=1S/C12H8Cl2FNO2/c1-2-18-12(17)6-5-16-11-8(15)4-3-7(13)9(11)10(6)14/h3-5H,2H2,1H3. The molecule has 3 nitrogen and oxygen atoms in total. The van der Waals surface area contributed by atoms with Crippen molar-refractivity contribution < 1.29 is 13.9 Å². The Morgan fingerprint density at radius 2 is 2.17 bits per heavy atom. The number of nitrogens with zero attached hydrogens (tertiary/aromatic N) is 1. The third-order valence-corrected chi connectivity index (χ3v) is 3.06. The van der Waals surface area contributed by atoms with Crippen LogP contribution in [0.15, 0.2) is 18.3 Å². The van der Waals surface area contributed by atoms with Gasteiger partial charge in [0.05, 0.1) is 22.2 Å². The number of carbonyl (C=O) groups excluding carboxylic acids is 1. The first-order chi connectivity index (χ1) is 8.56. The molecule has 2 rings (SSSR count). The van der Waals surface area contributed by atoms with Crippen LogP contribution in [0.5, 0.6) is 0 Å². The molecule has 0 fully saturated rings. The van der Waals surface area contributed by atoms with Gasteiger partial charge in [-0.1, -0.05) is 23.2 Å². The number of pyridine rings is 1. The Kier molecular flexibility index (Phi) is 3.68. The zero-order chi connectivity index (χ0) is 13.3. The normalized spacial score (nSPS) is 10.7. The number of hydrogen-bond acceptors (Lipinski definition) is 3. The summed E-state index contributed by atoms with van der Waals surface area (Å²) >= 11 is 12.0. The van der Waals surface area contributed by atoms with Crippen molar-refractivity contribution >= 4 is 40.1 Å². The van der Waals surface area contributed by atoms with E-state index in [1.165, 1.54) is 18.3 Å². The van der Waals surface area contributed by atoms with Crippen LogP contribution in [0.25, 0.3) is 10.9 Å². The molecule has 1 heterocycles. The third kappa shape index (κ3) is 2.13. The largest absolute Gasteiger partial charge is 0.462 e. The van der Waals surface area contributed by atoms with Gasteiger partial charge in [-0.15, -0.1) is 0 Å². The number of rotatable bonds is 2. The fourth-order valence-corrected chi connectivity index (χ4v) is 2.16. The zero-order valence-electron chi connectivity index (χ0n) is 9.34. The molecule has 1 aromatic heterocycles. The maximum absolute atomic E-state index is 13.5. The van der Waals surface area contributed by atoms with Crippen molar-refractivity contribution in [1.29, 1.82) is 0 Å². The topological polar surface area (TPSA) is 39.2 Å². The minimum atomic E-state index is -0.614. The van der Waals surface area contributed by atoms with Crippen LogP contribution < -0.4 is 0 Å². The van der Waals surface area contributed by atoms with Crippen molar-refractivity contribution in [2.24, 2.45) is 0 Å². The quantitative estimate of drug-likeness (QED) is 0.788. The van der Waals surface area contributed by atoms with E-state index in [0.717, 1.165) is 0 Å². The molecule has 0 unspecified atom stereocenters. The van der Waals surface area contributed by atoms with Crippen molar-refractivity contribution in [3.63, 3.8) is 0 Å². The molecule has 0 saturated carbocycles. The molecular weight excluding hydrogens is 280 g/mol. The van der Waals surface area contributed by atoms with Gasteiger partial charge in [-0.3, -0.25) is 4.98 Å². The molecule has 0 aliphatic carbocycles. The first-order valence-corrected chi connectivity index (χ1v) is 5.91. The van der Waals surface area contributed by atoms with Crippen LogP contribution in [0.4, 0.5) is 4.39 Å². The highest BCUT2D eigenvalue weighted by atomic mass is 35.5. The maximum Gasteiger partial charge on any atom is 0.341 e. The minimum absolute atomic E-state index is 0.0283. The molecule has 94 valence electrons. The van der Waals surface area contributed by atoms with Crippen LogP contribution >= 0.6 is 23.2 Å². The van der Waals surface area contributed by atoms with E-state index in [-0.39, 0.29) is 33.1 Å². The predicted molar refractivity (Wildman–Crippen MR) is 67.7 cm³/mol. The van der Waals surface area contributed by atoms with Gasteiger partial charge in [0.25, 0.3) is 0 Å². The average molecular weight is 288 g/mol. The second-order valence-corrected chi connectivity index (χ2v) is 4.24. The molecule has 0 amide bonds. The van der Waals surface area contributed by atoms with Crippen molar-refractivity contribution in [1.82, 2.24) is 4.98 Å². The van der Waals surface area contributed by atoms with Gasteiger partial charge in [0, 0.05) is 11.6 Å². The van der Waals surface area contributed by atoms with Crippen LogP contribution in [-0.4, -0.2) is 17.6 Å². The Bertz CT molecular complexity index is 631. The number of hydrogen-bond donors (Lipinski definition) is 0. The summed E-state index contributed by atoms with van der Waals surface area (Å²) in [5, 5.41) is 0.488. The van der Waals surface area contributed by atoms with Crippen molar-refractivity contribution in [2.75, 3.05) is 6.61 Å². The van der Waals surface area contributed by atoms with Gasteiger partial charge in [-0.05, 0) is 19.1 Å². The van der Waals surface area contributed by atoms with E-state index in [1.54, 1.807) is 6.92 Å². The molecule has 18 heavy (non-hydrogen) atoms. The molecule has 0 spiro atoms. The van der Waals surface area contributed by atoms with Crippen LogP contribution in [0.3, 0.4) is 0 Å². The van der Waals surface area contributed by atoms with Gasteiger partial charge < -0.3 is 4.74 Å². The fourth-order valence-electron chi connectivity index (χ4n) is 1.55. The van der Waals surface area contributed by atoms with E-state index in [0.29, 0.717) is 0 Å². The van der Waals surface area contributed by atoms with E-state index >= 15 is 0 Å². The summed E-state index contributed by atoms with van der Waals surface area (Å²) in [6.07, 6.45) is 1.18. The summed E-state index contributed by atoms with van der Waals surface area (Å²) in [5.41, 5.74) is 0.0964. The summed E-state index contributed by atoms with van der Waals surface area (Å²) in [6.45, 7) is 1.89. The van der Waals surface area contributed by atoms with Gasteiger partial charge in [-0.2, -0.15) is 0 Å². The molecule has 2 aromatic rings. The summed E-state index contributed by atoms with van der Waals surface area (Å²) in [4.78, 5) is 15.5. The van der Waals surface area contributed by atoms with E-state index in [1.807, 2.05) is 0 Å². The molecular formula is C12H8Cl2FNO2. The van der Waals surface area contributed by atoms with Gasteiger partial charge in [0.2, 0.25) is 0 Å². The number of ether oxygens (including phenoxy) is 1. The van der Waals surface area contributed by atoms with Crippen molar-refractivity contribution in [3.8, 4) is 0 Å². The molecule has 0 aliphatic heterocycles. The van der Waals surface area contributed by atoms with Crippen molar-refractivity contribution in [3.05, 3.63) is 39.8 Å². The number of halogens is 3. The Morgan fingerprint density at radius 3 is 2.83 bits per heavy atom. The highest BCUT2D eigenvalue weighted by Gasteiger charge is 2.18. The van der Waals surface area contributed by atoms with E-state index in [2.05, 4.69) is 4.98 Å². The Balaban J connectivity index is 2.71. The second-order valence-electron chi connectivity index (χ2n) is 3.46. The monoisotopic (exact) mass is 287 g/mol. The lowest BCUT2D eigenvalue weighted by Gasteiger charge is -2.08. The third-order valence-electron chi connectivity index (χ3n) is 2.35. The summed E-state index contributed by atoms with van der Waals surface area (Å²) in [6, 6.07) is 2.56. The first-order valence-electron chi connectivity index (χ1n) is 5.15. The number of fused-ring (bicyclic) bond motifs is 1. The smallest absolute Gasteiger partial charge is 0.341 e. The van der Waals surface area contributed by atoms with Crippen LogP contribution in [-0.2, 0) is 4.74 Å². The van der Waals surface area contributed by atoms with E-state index < -0.39 is 11.8 Å². The molecule has 0 aliphatic rings. The predicted octanol–water partition coefficient (Wildman–Crippen LogP) is 3.86. The lowest BCUT2D eigenvalue weighted by molar-refractivity contribution is 0.0526. The molecule has 0 N–H and O–H groups in total. The molecule has 0 atom stereocenters. The zero-order valence-corrected chi connectivity index (χ0v) is 10.8. The van der Waals surface area contributed by atoms with Gasteiger partial charge in [0.15, 0.2) is 0 Å². The Hall–Kier alpha value is -1.39. The number of aromatic nitrogens is 1. The lowest BCUT2D eigenvalue weighted by Crippen LogP contribution is -2.06. The highest BCUT2D eigenvalue weighted by Crippen LogP contribution is 2.33. The van der Waals surface area contributed by atoms with E-state index in [4.69, 9.17) is 27.9 Å². The number of carbonyl (C=O) groups is 1. The maximum atomic E-state index is 13.5. The summed E-state index contributed by atoms with van der Waals surface area (Å²) in [5.74, 6) is -1.16. The molecule has 0 bridgehead atoms. The number of benzene rings is 1. The van der Waals surface area contributed by atoms with Crippen molar-refractivity contribution in [2.45, 2.75) is 6.92 Å². The highest BCUT2D eigenvalue weighted by molar-refractivity contribution is 6.43. The molecule has 0 saturated heterocycles. The van der Waals surface area contributed by atoms with Gasteiger partial charge in [-0.25, -0.2) is 9.18 Å². The SMILES string of the molecule is CCOC(=O)c1cnc2c(F)ccc(Cl)c2c1Cl.